The summed E-state index contributed by atoms with van der Waals surface area (Å²) in [4.78, 5) is 14.2. The molecule has 1 saturated heterocycles. The van der Waals surface area contributed by atoms with Crippen LogP contribution in [0.5, 0.6) is 5.75 Å². The van der Waals surface area contributed by atoms with Crippen LogP contribution in [-0.4, -0.2) is 37.9 Å². The summed E-state index contributed by atoms with van der Waals surface area (Å²) in [6, 6.07) is 9.47. The van der Waals surface area contributed by atoms with Crippen LogP contribution in [0, 0.1) is 12.8 Å². The molecule has 0 saturated carbocycles. The predicted molar refractivity (Wildman–Crippen MR) is 91.6 cm³/mol. The van der Waals surface area contributed by atoms with Gasteiger partial charge in [0.1, 0.15) is 11.5 Å². The number of hydrogen-bond acceptors (Lipinski definition) is 5. The van der Waals surface area contributed by atoms with Crippen molar-refractivity contribution in [3.8, 4) is 5.75 Å². The number of methoxy groups -OCH3 is 1. The number of carbonyl (C=O) groups is 1. The maximum absolute atomic E-state index is 11.9. The Balaban J connectivity index is 1.46. The minimum absolute atomic E-state index is 0.261. The lowest BCUT2D eigenvalue weighted by molar-refractivity contribution is 0.250. The van der Waals surface area contributed by atoms with Gasteiger partial charge in [-0.05, 0) is 31.4 Å². The van der Waals surface area contributed by atoms with Gasteiger partial charge < -0.3 is 19.5 Å². The molecule has 1 unspecified atom stereocenters. The van der Waals surface area contributed by atoms with E-state index >= 15 is 0 Å². The van der Waals surface area contributed by atoms with E-state index in [0.717, 1.165) is 30.9 Å². The Labute approximate surface area is 141 Å². The van der Waals surface area contributed by atoms with Gasteiger partial charge in [-0.15, -0.1) is 0 Å². The van der Waals surface area contributed by atoms with E-state index in [2.05, 4.69) is 26.8 Å². The van der Waals surface area contributed by atoms with Crippen LogP contribution >= 0.6 is 0 Å². The lowest BCUT2D eigenvalue weighted by atomic mass is 10.1. The van der Waals surface area contributed by atoms with Gasteiger partial charge in [-0.3, -0.25) is 5.32 Å². The number of nitrogens with zero attached hydrogens (tertiary/aromatic N) is 2. The number of nitrogens with one attached hydrogen (secondary N) is 2. The molecule has 2 N–H and O–H groups in total. The molecule has 7 heteroatoms. The molecule has 2 heterocycles. The van der Waals surface area contributed by atoms with Crippen molar-refractivity contribution in [1.29, 1.82) is 0 Å². The molecule has 128 valence electrons. The maximum atomic E-state index is 11.9. The van der Waals surface area contributed by atoms with Crippen LogP contribution in [0.15, 0.2) is 34.9 Å². The number of hydrogen-bond donors (Lipinski definition) is 2. The van der Waals surface area contributed by atoms with Crippen LogP contribution in [-0.2, 0) is 0 Å². The van der Waals surface area contributed by atoms with E-state index < -0.39 is 0 Å². The van der Waals surface area contributed by atoms with Gasteiger partial charge >= 0.3 is 6.03 Å². The smallest absolute Gasteiger partial charge is 0.320 e. The molecule has 1 fully saturated rings. The molecule has 1 aliphatic rings. The average Bonchev–Trinajstić information content (AvgIpc) is 3.22. The standard InChI is InChI=1S/C17H22N4O3/c1-12-8-16(20-24-12)19-17(22)18-10-13-6-7-21(11-13)14-4-3-5-15(9-14)23-2/h3-5,8-9,13H,6-7,10-11H2,1-2H3,(H2,18,19,20,22). The van der Waals surface area contributed by atoms with E-state index in [0.29, 0.717) is 24.0 Å². The van der Waals surface area contributed by atoms with Gasteiger partial charge in [0, 0.05) is 37.5 Å². The van der Waals surface area contributed by atoms with Crippen LogP contribution in [0.4, 0.5) is 16.3 Å². The molecule has 1 atom stereocenters. The summed E-state index contributed by atoms with van der Waals surface area (Å²) in [5, 5.41) is 9.29. The summed E-state index contributed by atoms with van der Waals surface area (Å²) in [6.45, 7) is 4.30. The van der Waals surface area contributed by atoms with Crippen molar-refractivity contribution in [2.75, 3.05) is 37.0 Å². The van der Waals surface area contributed by atoms with Gasteiger partial charge in [0.25, 0.3) is 0 Å². The number of rotatable bonds is 5. The third-order valence-corrected chi connectivity index (χ3v) is 4.13. The highest BCUT2D eigenvalue weighted by Gasteiger charge is 2.23. The first-order valence-electron chi connectivity index (χ1n) is 8.01. The summed E-state index contributed by atoms with van der Waals surface area (Å²) in [5.41, 5.74) is 1.15. The van der Waals surface area contributed by atoms with Gasteiger partial charge in [0.15, 0.2) is 5.82 Å². The molecule has 0 spiro atoms. The van der Waals surface area contributed by atoms with Crippen molar-refractivity contribution in [1.82, 2.24) is 10.5 Å². The lowest BCUT2D eigenvalue weighted by Crippen LogP contribution is -2.34. The fourth-order valence-corrected chi connectivity index (χ4v) is 2.86. The highest BCUT2D eigenvalue weighted by molar-refractivity contribution is 5.88. The lowest BCUT2D eigenvalue weighted by Gasteiger charge is -2.19. The second-order valence-corrected chi connectivity index (χ2v) is 5.96. The third-order valence-electron chi connectivity index (χ3n) is 4.13. The minimum atomic E-state index is -0.261. The molecule has 7 nitrogen and oxygen atoms in total. The zero-order chi connectivity index (χ0) is 16.9. The fraction of sp³-hybridized carbons (Fsp3) is 0.412. The van der Waals surface area contributed by atoms with Crippen LogP contribution in [0.1, 0.15) is 12.2 Å². The van der Waals surface area contributed by atoms with E-state index in [4.69, 9.17) is 9.26 Å². The van der Waals surface area contributed by atoms with E-state index in [1.165, 1.54) is 0 Å². The molecule has 1 aromatic heterocycles. The second kappa shape index (κ2) is 7.25. The molecule has 24 heavy (non-hydrogen) atoms. The van der Waals surface area contributed by atoms with E-state index in [1.807, 2.05) is 18.2 Å². The number of anilines is 2. The van der Waals surface area contributed by atoms with Crippen LogP contribution < -0.4 is 20.3 Å². The summed E-state index contributed by atoms with van der Waals surface area (Å²) in [7, 11) is 1.67. The largest absolute Gasteiger partial charge is 0.497 e. The number of benzene rings is 1. The number of aromatic nitrogens is 1. The van der Waals surface area contributed by atoms with Gasteiger partial charge in [-0.2, -0.15) is 0 Å². The number of urea groups is 1. The number of ether oxygens (including phenoxy) is 1. The molecule has 0 bridgehead atoms. The Hall–Kier alpha value is -2.70. The number of amides is 2. The second-order valence-electron chi connectivity index (χ2n) is 5.96. The Kier molecular flexibility index (Phi) is 4.88. The van der Waals surface area contributed by atoms with E-state index in [9.17, 15) is 4.79 Å². The molecule has 1 aliphatic heterocycles. The average molecular weight is 330 g/mol. The number of aryl methyl sites for hydroxylation is 1. The van der Waals surface area contributed by atoms with Gasteiger partial charge in [0.2, 0.25) is 0 Å². The van der Waals surface area contributed by atoms with E-state index in [-0.39, 0.29) is 6.03 Å². The molecule has 1 aromatic carbocycles. The molecule has 2 amide bonds. The SMILES string of the molecule is COc1cccc(N2CCC(CNC(=O)Nc3cc(C)on3)C2)c1. The predicted octanol–water partition coefficient (Wildman–Crippen LogP) is 2.64. The van der Waals surface area contributed by atoms with Crippen molar-refractivity contribution in [3.63, 3.8) is 0 Å². The molecule has 2 aromatic rings. The maximum Gasteiger partial charge on any atom is 0.320 e. The summed E-state index contributed by atoms with van der Waals surface area (Å²) >= 11 is 0. The Morgan fingerprint density at radius 3 is 3.08 bits per heavy atom. The highest BCUT2D eigenvalue weighted by Crippen LogP contribution is 2.26. The van der Waals surface area contributed by atoms with E-state index in [1.54, 1.807) is 20.1 Å². The van der Waals surface area contributed by atoms with Crippen LogP contribution in [0.3, 0.4) is 0 Å². The minimum Gasteiger partial charge on any atom is -0.497 e. The summed E-state index contributed by atoms with van der Waals surface area (Å²) in [6.07, 6.45) is 1.04. The van der Waals surface area contributed by atoms with Crippen molar-refractivity contribution < 1.29 is 14.1 Å². The Morgan fingerprint density at radius 1 is 1.46 bits per heavy atom. The quantitative estimate of drug-likeness (QED) is 0.881. The van der Waals surface area contributed by atoms with Crippen molar-refractivity contribution in [2.24, 2.45) is 5.92 Å². The summed E-state index contributed by atoms with van der Waals surface area (Å²) in [5.74, 6) is 2.36. The molecular formula is C17H22N4O3. The van der Waals surface area contributed by atoms with Crippen molar-refractivity contribution in [3.05, 3.63) is 36.1 Å². The van der Waals surface area contributed by atoms with Gasteiger partial charge in [-0.25, -0.2) is 4.79 Å². The first-order chi connectivity index (χ1) is 11.6. The monoisotopic (exact) mass is 330 g/mol. The number of carbonyl (C=O) groups excluding carboxylic acids is 1. The van der Waals surface area contributed by atoms with Crippen LogP contribution in [0.2, 0.25) is 0 Å². The normalized spacial score (nSPS) is 16.9. The fourth-order valence-electron chi connectivity index (χ4n) is 2.86. The zero-order valence-electron chi connectivity index (χ0n) is 13.9. The molecule has 0 aliphatic carbocycles. The first-order valence-corrected chi connectivity index (χ1v) is 8.01. The molecular weight excluding hydrogens is 308 g/mol. The van der Waals surface area contributed by atoms with Gasteiger partial charge in [0.05, 0.1) is 7.11 Å². The molecule has 0 radical (unpaired) electrons. The Bertz CT molecular complexity index is 701. The molecule has 3 rings (SSSR count). The summed E-state index contributed by atoms with van der Waals surface area (Å²) < 4.78 is 10.2. The van der Waals surface area contributed by atoms with Crippen molar-refractivity contribution >= 4 is 17.5 Å². The van der Waals surface area contributed by atoms with Crippen molar-refractivity contribution in [2.45, 2.75) is 13.3 Å². The third kappa shape index (κ3) is 3.98. The van der Waals surface area contributed by atoms with Gasteiger partial charge in [-0.1, -0.05) is 11.2 Å². The first kappa shape index (κ1) is 16.2. The Morgan fingerprint density at radius 2 is 2.33 bits per heavy atom. The highest BCUT2D eigenvalue weighted by atomic mass is 16.5. The zero-order valence-corrected chi connectivity index (χ0v) is 13.9. The topological polar surface area (TPSA) is 79.6 Å². The van der Waals surface area contributed by atoms with Crippen LogP contribution in [0.25, 0.3) is 0 Å².